The third kappa shape index (κ3) is 7.68. The zero-order valence-electron chi connectivity index (χ0n) is 13.7. The smallest absolute Gasteiger partial charge is 0.303 e. The molecule has 24 heavy (non-hydrogen) atoms. The van der Waals surface area contributed by atoms with Gasteiger partial charge in [-0.1, -0.05) is 0 Å². The Bertz CT molecular complexity index is 486. The standard InChI is InChI=1S/C14H20O10/c1-7(17)21-11(5-15)13(23-9(3)19)14(24-10(4)20)12(6-16)22-8(2)18/h5,11-14,16H,6H2,1-4H3/t11-,12+,13+,14+/m1/s1. The second-order valence-electron chi connectivity index (χ2n) is 4.69. The van der Waals surface area contributed by atoms with Gasteiger partial charge in [-0.3, -0.25) is 24.0 Å². The quantitative estimate of drug-likeness (QED) is 0.310. The summed E-state index contributed by atoms with van der Waals surface area (Å²) >= 11 is 0. The van der Waals surface area contributed by atoms with Crippen molar-refractivity contribution in [2.45, 2.75) is 52.1 Å². The van der Waals surface area contributed by atoms with E-state index in [1.54, 1.807) is 0 Å². The van der Waals surface area contributed by atoms with E-state index in [0.717, 1.165) is 27.7 Å². The molecule has 0 amide bonds. The molecule has 10 heteroatoms. The predicted octanol–water partition coefficient (Wildman–Crippen LogP) is -1.10. The van der Waals surface area contributed by atoms with Crippen molar-refractivity contribution in [2.75, 3.05) is 6.61 Å². The van der Waals surface area contributed by atoms with Crippen LogP contribution in [-0.2, 0) is 42.9 Å². The molecule has 0 aromatic carbocycles. The molecule has 1 N–H and O–H groups in total. The summed E-state index contributed by atoms with van der Waals surface area (Å²) in [6, 6.07) is 0. The lowest BCUT2D eigenvalue weighted by molar-refractivity contribution is -0.199. The number of carbonyl (C=O) groups excluding carboxylic acids is 5. The van der Waals surface area contributed by atoms with Crippen molar-refractivity contribution in [3.05, 3.63) is 0 Å². The van der Waals surface area contributed by atoms with Crippen molar-refractivity contribution in [3.63, 3.8) is 0 Å². The Labute approximate surface area is 138 Å². The van der Waals surface area contributed by atoms with Crippen molar-refractivity contribution in [1.82, 2.24) is 0 Å². The molecule has 4 atom stereocenters. The van der Waals surface area contributed by atoms with Crippen molar-refractivity contribution >= 4 is 30.2 Å². The second-order valence-corrected chi connectivity index (χ2v) is 4.69. The van der Waals surface area contributed by atoms with Gasteiger partial charge in [0.05, 0.1) is 6.61 Å². The Morgan fingerprint density at radius 2 is 1.21 bits per heavy atom. The molecule has 0 fully saturated rings. The van der Waals surface area contributed by atoms with E-state index in [1.807, 2.05) is 0 Å². The normalized spacial score (nSPS) is 15.2. The maximum absolute atomic E-state index is 11.3. The van der Waals surface area contributed by atoms with Gasteiger partial charge in [0, 0.05) is 27.7 Å². The van der Waals surface area contributed by atoms with Gasteiger partial charge in [0.25, 0.3) is 0 Å². The summed E-state index contributed by atoms with van der Waals surface area (Å²) in [4.78, 5) is 56.0. The summed E-state index contributed by atoms with van der Waals surface area (Å²) in [7, 11) is 0. The number of hydrogen-bond acceptors (Lipinski definition) is 10. The van der Waals surface area contributed by atoms with Crippen LogP contribution in [0, 0.1) is 0 Å². The van der Waals surface area contributed by atoms with Crippen LogP contribution in [-0.4, -0.2) is 66.3 Å². The van der Waals surface area contributed by atoms with Crippen molar-refractivity contribution < 1.29 is 48.0 Å². The number of esters is 4. The molecular weight excluding hydrogens is 328 g/mol. The largest absolute Gasteiger partial charge is 0.456 e. The average Bonchev–Trinajstić information content (AvgIpc) is 2.45. The number of carbonyl (C=O) groups is 5. The number of rotatable bonds is 9. The highest BCUT2D eigenvalue weighted by Gasteiger charge is 2.43. The first-order valence-corrected chi connectivity index (χ1v) is 6.87. The Hall–Kier alpha value is -2.49. The van der Waals surface area contributed by atoms with Gasteiger partial charge in [-0.2, -0.15) is 0 Å². The summed E-state index contributed by atoms with van der Waals surface area (Å²) < 4.78 is 19.4. The molecule has 0 aromatic rings. The minimum atomic E-state index is -1.64. The number of aliphatic hydroxyl groups excluding tert-OH is 1. The van der Waals surface area contributed by atoms with E-state index in [2.05, 4.69) is 0 Å². The zero-order chi connectivity index (χ0) is 18.9. The molecule has 0 saturated heterocycles. The third-order valence-corrected chi connectivity index (χ3v) is 2.55. The SMILES string of the molecule is CC(=O)O[C@H]([C@@H](OC(C)=O)[C@@H](C=O)OC(C)=O)[C@H](CO)OC(C)=O. The highest BCUT2D eigenvalue weighted by Crippen LogP contribution is 2.18. The Morgan fingerprint density at radius 3 is 1.54 bits per heavy atom. The lowest BCUT2D eigenvalue weighted by Crippen LogP contribution is -2.53. The first-order valence-electron chi connectivity index (χ1n) is 6.87. The molecule has 0 saturated carbocycles. The Kier molecular flexibility index (Phi) is 9.25. The lowest BCUT2D eigenvalue weighted by atomic mass is 10.0. The molecule has 0 aliphatic heterocycles. The number of aliphatic hydroxyl groups is 1. The molecule has 10 nitrogen and oxygen atoms in total. The summed E-state index contributed by atoms with van der Waals surface area (Å²) in [6.07, 6.45) is -6.12. The molecular formula is C14H20O10. The van der Waals surface area contributed by atoms with Gasteiger partial charge in [0.2, 0.25) is 0 Å². The van der Waals surface area contributed by atoms with Crippen LogP contribution in [0.2, 0.25) is 0 Å². The van der Waals surface area contributed by atoms with Gasteiger partial charge in [0.1, 0.15) is 0 Å². The van der Waals surface area contributed by atoms with Crippen LogP contribution in [0.25, 0.3) is 0 Å². The fourth-order valence-corrected chi connectivity index (χ4v) is 1.84. The van der Waals surface area contributed by atoms with Crippen molar-refractivity contribution in [2.24, 2.45) is 0 Å². The predicted molar refractivity (Wildman–Crippen MR) is 75.4 cm³/mol. The van der Waals surface area contributed by atoms with E-state index in [4.69, 9.17) is 18.9 Å². The van der Waals surface area contributed by atoms with Gasteiger partial charge < -0.3 is 24.1 Å². The van der Waals surface area contributed by atoms with Crippen LogP contribution in [0.1, 0.15) is 27.7 Å². The molecule has 0 aliphatic rings. The van der Waals surface area contributed by atoms with Crippen LogP contribution in [0.3, 0.4) is 0 Å². The monoisotopic (exact) mass is 348 g/mol. The lowest BCUT2D eigenvalue weighted by Gasteiger charge is -2.33. The number of hydrogen-bond donors (Lipinski definition) is 1. The summed E-state index contributed by atoms with van der Waals surface area (Å²) in [6.45, 7) is 3.27. The van der Waals surface area contributed by atoms with E-state index in [1.165, 1.54) is 0 Å². The van der Waals surface area contributed by atoms with Gasteiger partial charge in [-0.05, 0) is 0 Å². The van der Waals surface area contributed by atoms with Gasteiger partial charge >= 0.3 is 23.9 Å². The maximum Gasteiger partial charge on any atom is 0.303 e. The molecule has 0 bridgehead atoms. The molecule has 0 unspecified atom stereocenters. The van der Waals surface area contributed by atoms with E-state index < -0.39 is 54.9 Å². The minimum absolute atomic E-state index is 0.160. The summed E-state index contributed by atoms with van der Waals surface area (Å²) in [5, 5.41) is 9.37. The van der Waals surface area contributed by atoms with E-state index in [-0.39, 0.29) is 6.29 Å². The highest BCUT2D eigenvalue weighted by molar-refractivity contribution is 5.72. The van der Waals surface area contributed by atoms with Gasteiger partial charge in [-0.25, -0.2) is 0 Å². The summed E-state index contributed by atoms with van der Waals surface area (Å²) in [5.74, 6) is -3.42. The van der Waals surface area contributed by atoms with Crippen LogP contribution < -0.4 is 0 Å². The fraction of sp³-hybridized carbons (Fsp3) is 0.643. The molecule has 0 radical (unpaired) electrons. The maximum atomic E-state index is 11.3. The molecule has 0 spiro atoms. The van der Waals surface area contributed by atoms with E-state index in [0.29, 0.717) is 0 Å². The molecule has 0 rings (SSSR count). The minimum Gasteiger partial charge on any atom is -0.456 e. The first-order chi connectivity index (χ1) is 11.1. The molecule has 136 valence electrons. The topological polar surface area (TPSA) is 142 Å². The highest BCUT2D eigenvalue weighted by atomic mass is 16.6. The van der Waals surface area contributed by atoms with Crippen LogP contribution in [0.15, 0.2) is 0 Å². The van der Waals surface area contributed by atoms with Crippen LogP contribution in [0.4, 0.5) is 0 Å². The Morgan fingerprint density at radius 1 is 0.792 bits per heavy atom. The van der Waals surface area contributed by atoms with E-state index >= 15 is 0 Å². The number of aldehydes is 1. The zero-order valence-corrected chi connectivity index (χ0v) is 13.7. The number of ether oxygens (including phenoxy) is 4. The van der Waals surface area contributed by atoms with E-state index in [9.17, 15) is 29.1 Å². The average molecular weight is 348 g/mol. The first kappa shape index (κ1) is 21.5. The molecule has 0 aromatic heterocycles. The summed E-state index contributed by atoms with van der Waals surface area (Å²) in [5.41, 5.74) is 0. The van der Waals surface area contributed by atoms with Crippen LogP contribution >= 0.6 is 0 Å². The van der Waals surface area contributed by atoms with Crippen LogP contribution in [0.5, 0.6) is 0 Å². The van der Waals surface area contributed by atoms with Crippen molar-refractivity contribution in [3.8, 4) is 0 Å². The van der Waals surface area contributed by atoms with Crippen molar-refractivity contribution in [1.29, 1.82) is 0 Å². The molecule has 0 aliphatic carbocycles. The second kappa shape index (κ2) is 10.3. The molecule has 0 heterocycles. The third-order valence-electron chi connectivity index (χ3n) is 2.55. The Balaban J connectivity index is 5.79. The van der Waals surface area contributed by atoms with Gasteiger partial charge in [0.15, 0.2) is 30.7 Å². The van der Waals surface area contributed by atoms with Gasteiger partial charge in [-0.15, -0.1) is 0 Å². The fourth-order valence-electron chi connectivity index (χ4n) is 1.84.